The van der Waals surface area contributed by atoms with Crippen molar-refractivity contribution in [2.75, 3.05) is 0 Å². The number of hydrogen-bond donors (Lipinski definition) is 0. The molecule has 0 aliphatic heterocycles. The number of hydrogen-bond acceptors (Lipinski definition) is 1. The van der Waals surface area contributed by atoms with E-state index in [2.05, 4.69) is 67.3 Å². The van der Waals surface area contributed by atoms with Crippen LogP contribution in [-0.4, -0.2) is 9.78 Å². The molecule has 0 unspecified atom stereocenters. The molecular formula is C14H10Br2N2. The third kappa shape index (κ3) is 1.99. The van der Waals surface area contributed by atoms with E-state index in [0.717, 1.165) is 26.4 Å². The molecule has 3 rings (SSSR count). The molecule has 2 nitrogen and oxygen atoms in total. The minimum atomic E-state index is 0.853. The maximum absolute atomic E-state index is 4.46. The Morgan fingerprint density at radius 2 is 1.94 bits per heavy atom. The van der Waals surface area contributed by atoms with E-state index < -0.39 is 0 Å². The third-order valence-electron chi connectivity index (χ3n) is 2.87. The lowest BCUT2D eigenvalue weighted by Crippen LogP contribution is -1.97. The van der Waals surface area contributed by atoms with Crippen LogP contribution >= 0.6 is 31.9 Å². The Balaban J connectivity index is 2.20. The molecule has 0 atom stereocenters. The number of nitrogens with zero attached hydrogens (tertiary/aromatic N) is 2. The molecule has 18 heavy (non-hydrogen) atoms. The van der Waals surface area contributed by atoms with Gasteiger partial charge in [0.25, 0.3) is 0 Å². The van der Waals surface area contributed by atoms with Crippen LogP contribution in [0.25, 0.3) is 16.6 Å². The lowest BCUT2D eigenvalue weighted by molar-refractivity contribution is 0.905. The largest absolute Gasteiger partial charge is 0.232 e. The molecule has 4 heteroatoms. The molecule has 0 N–H and O–H groups in total. The second-order valence-corrected chi connectivity index (χ2v) is 5.45. The van der Waals surface area contributed by atoms with E-state index in [4.69, 9.17) is 0 Å². The molecule has 0 radical (unpaired) electrons. The number of benzene rings is 2. The van der Waals surface area contributed by atoms with E-state index in [9.17, 15) is 0 Å². The second-order valence-electron chi connectivity index (χ2n) is 4.03. The Bertz CT molecular complexity index is 704. The summed E-state index contributed by atoms with van der Waals surface area (Å²) in [4.78, 5) is 0. The Labute approximate surface area is 122 Å². The Morgan fingerprint density at radius 1 is 1.11 bits per heavy atom. The highest BCUT2D eigenvalue weighted by atomic mass is 79.9. The van der Waals surface area contributed by atoms with Gasteiger partial charge in [-0.05, 0) is 39.7 Å². The van der Waals surface area contributed by atoms with Crippen LogP contribution in [0, 0.1) is 0 Å². The van der Waals surface area contributed by atoms with Crippen LogP contribution in [0.5, 0.6) is 0 Å². The summed E-state index contributed by atoms with van der Waals surface area (Å²) in [5.41, 5.74) is 3.41. The van der Waals surface area contributed by atoms with E-state index in [1.54, 1.807) is 0 Å². The maximum Gasteiger partial charge on any atom is 0.0795 e. The minimum Gasteiger partial charge on any atom is -0.232 e. The molecule has 0 spiro atoms. The molecule has 2 aromatic carbocycles. The fraction of sp³-hybridized carbons (Fsp3) is 0.0714. The van der Waals surface area contributed by atoms with Gasteiger partial charge in [0.15, 0.2) is 0 Å². The van der Waals surface area contributed by atoms with Crippen LogP contribution in [0.4, 0.5) is 0 Å². The quantitative estimate of drug-likeness (QED) is 0.602. The first kappa shape index (κ1) is 11.9. The van der Waals surface area contributed by atoms with E-state index >= 15 is 0 Å². The zero-order chi connectivity index (χ0) is 12.5. The van der Waals surface area contributed by atoms with Gasteiger partial charge in [0.05, 0.1) is 17.4 Å². The Hall–Kier alpha value is -1.13. The molecule has 1 heterocycles. The van der Waals surface area contributed by atoms with Gasteiger partial charge in [-0.3, -0.25) is 0 Å². The first-order valence-corrected chi connectivity index (χ1v) is 7.48. The zero-order valence-electron chi connectivity index (χ0n) is 9.48. The predicted octanol–water partition coefficient (Wildman–Crippen LogP) is 4.68. The fourth-order valence-corrected chi connectivity index (χ4v) is 2.91. The van der Waals surface area contributed by atoms with Crippen LogP contribution in [0.3, 0.4) is 0 Å². The first-order valence-electron chi connectivity index (χ1n) is 5.57. The number of para-hydroxylation sites is 1. The molecule has 90 valence electrons. The highest BCUT2D eigenvalue weighted by Crippen LogP contribution is 2.26. The fourth-order valence-electron chi connectivity index (χ4n) is 1.97. The van der Waals surface area contributed by atoms with Gasteiger partial charge in [-0.1, -0.05) is 40.2 Å². The van der Waals surface area contributed by atoms with Crippen molar-refractivity contribution in [2.45, 2.75) is 5.33 Å². The van der Waals surface area contributed by atoms with Crippen molar-refractivity contribution in [1.29, 1.82) is 0 Å². The molecule has 3 aromatic rings. The van der Waals surface area contributed by atoms with Crippen molar-refractivity contribution in [2.24, 2.45) is 0 Å². The number of halogens is 2. The van der Waals surface area contributed by atoms with Crippen LogP contribution in [0.1, 0.15) is 5.56 Å². The molecule has 0 fully saturated rings. The molecule has 0 aliphatic carbocycles. The van der Waals surface area contributed by atoms with E-state index in [1.807, 2.05) is 23.0 Å². The van der Waals surface area contributed by atoms with Crippen molar-refractivity contribution < 1.29 is 0 Å². The smallest absolute Gasteiger partial charge is 0.0795 e. The average molecular weight is 366 g/mol. The summed E-state index contributed by atoms with van der Waals surface area (Å²) in [6.07, 6.45) is 1.89. The van der Waals surface area contributed by atoms with Gasteiger partial charge in [-0.15, -0.1) is 0 Å². The molecule has 0 aliphatic rings. The molecule has 1 aromatic heterocycles. The van der Waals surface area contributed by atoms with E-state index in [0.29, 0.717) is 0 Å². The highest BCUT2D eigenvalue weighted by molar-refractivity contribution is 9.10. The van der Waals surface area contributed by atoms with Crippen molar-refractivity contribution in [3.8, 4) is 5.69 Å². The lowest BCUT2D eigenvalue weighted by atomic mass is 10.2. The number of alkyl halides is 1. The Kier molecular flexibility index (Phi) is 3.22. The topological polar surface area (TPSA) is 17.8 Å². The van der Waals surface area contributed by atoms with Crippen LogP contribution < -0.4 is 0 Å². The first-order chi connectivity index (χ1) is 8.79. The normalized spacial score (nSPS) is 11.0. The minimum absolute atomic E-state index is 0.853. The van der Waals surface area contributed by atoms with Crippen LogP contribution in [-0.2, 0) is 5.33 Å². The van der Waals surface area contributed by atoms with Gasteiger partial charge in [0.1, 0.15) is 0 Å². The SMILES string of the molecule is BrCc1ccc(-n2ncc3ccccc32)c(Br)c1. The third-order valence-corrected chi connectivity index (χ3v) is 4.15. The standard InChI is InChI=1S/C14H10Br2N2/c15-8-10-5-6-14(12(16)7-10)18-13-4-2-1-3-11(13)9-17-18/h1-7,9H,8H2. The monoisotopic (exact) mass is 364 g/mol. The van der Waals surface area contributed by atoms with Gasteiger partial charge in [-0.25, -0.2) is 4.68 Å². The second kappa shape index (κ2) is 4.86. The van der Waals surface area contributed by atoms with Crippen molar-refractivity contribution in [1.82, 2.24) is 9.78 Å². The van der Waals surface area contributed by atoms with E-state index in [-0.39, 0.29) is 0 Å². The van der Waals surface area contributed by atoms with E-state index in [1.165, 1.54) is 5.56 Å². The number of rotatable bonds is 2. The Morgan fingerprint density at radius 3 is 2.72 bits per heavy atom. The summed E-state index contributed by atoms with van der Waals surface area (Å²) >= 11 is 7.07. The lowest BCUT2D eigenvalue weighted by Gasteiger charge is -2.07. The van der Waals surface area contributed by atoms with Crippen molar-refractivity contribution in [3.05, 3.63) is 58.7 Å². The van der Waals surface area contributed by atoms with Gasteiger partial charge in [0, 0.05) is 15.2 Å². The number of fused-ring (bicyclic) bond motifs is 1. The highest BCUT2D eigenvalue weighted by Gasteiger charge is 2.07. The maximum atomic E-state index is 4.46. The summed E-state index contributed by atoms with van der Waals surface area (Å²) < 4.78 is 3.01. The van der Waals surface area contributed by atoms with Gasteiger partial charge >= 0.3 is 0 Å². The summed E-state index contributed by atoms with van der Waals surface area (Å²) in [7, 11) is 0. The van der Waals surface area contributed by atoms with Gasteiger partial charge in [-0.2, -0.15) is 5.10 Å². The summed E-state index contributed by atoms with van der Waals surface area (Å²) in [6, 6.07) is 14.5. The summed E-state index contributed by atoms with van der Waals surface area (Å²) in [5.74, 6) is 0. The average Bonchev–Trinajstić information content (AvgIpc) is 2.82. The van der Waals surface area contributed by atoms with Crippen LogP contribution in [0.2, 0.25) is 0 Å². The van der Waals surface area contributed by atoms with Crippen molar-refractivity contribution in [3.63, 3.8) is 0 Å². The van der Waals surface area contributed by atoms with Crippen molar-refractivity contribution >= 4 is 42.8 Å². The summed E-state index contributed by atoms with van der Waals surface area (Å²) in [5, 5.41) is 6.46. The molecule has 0 amide bonds. The molecule has 0 saturated heterocycles. The van der Waals surface area contributed by atoms with Gasteiger partial charge in [0.2, 0.25) is 0 Å². The predicted molar refractivity (Wildman–Crippen MR) is 81.4 cm³/mol. The summed E-state index contributed by atoms with van der Waals surface area (Å²) in [6.45, 7) is 0. The number of aromatic nitrogens is 2. The zero-order valence-corrected chi connectivity index (χ0v) is 12.6. The molecular weight excluding hydrogens is 356 g/mol. The van der Waals surface area contributed by atoms with Gasteiger partial charge < -0.3 is 0 Å². The molecule has 0 bridgehead atoms. The molecule has 0 saturated carbocycles. The van der Waals surface area contributed by atoms with Crippen LogP contribution in [0.15, 0.2) is 53.1 Å².